The Balaban J connectivity index is 2.12. The Hall–Kier alpha value is -0.370. The van der Waals surface area contributed by atoms with Crippen LogP contribution in [0.1, 0.15) is 12.8 Å². The number of rotatable bonds is 3. The summed E-state index contributed by atoms with van der Waals surface area (Å²) >= 11 is 0. The Kier molecular flexibility index (Phi) is 1.63. The van der Waals surface area contributed by atoms with Gasteiger partial charge in [0.25, 0.3) is 0 Å². The highest BCUT2D eigenvalue weighted by atomic mass is 16.1. The van der Waals surface area contributed by atoms with Gasteiger partial charge in [-0.2, -0.15) is 0 Å². The summed E-state index contributed by atoms with van der Waals surface area (Å²) in [5, 5.41) is 0. The third kappa shape index (κ3) is 1.30. The standard InChI is InChI=1S/C6H10NO/c1-7(4-5-8)6-2-3-6/h6H,2-4H2,1H3. The lowest BCUT2D eigenvalue weighted by Crippen LogP contribution is -2.22. The van der Waals surface area contributed by atoms with E-state index in [1.807, 2.05) is 18.2 Å². The molecule has 1 aliphatic rings. The van der Waals surface area contributed by atoms with Gasteiger partial charge in [0.1, 0.15) is 0 Å². The molecule has 0 aliphatic heterocycles. The van der Waals surface area contributed by atoms with Gasteiger partial charge in [0, 0.05) is 6.04 Å². The fraction of sp³-hybridized carbons (Fsp3) is 0.833. The molecule has 1 radical (unpaired) electrons. The van der Waals surface area contributed by atoms with Gasteiger partial charge in [0.2, 0.25) is 6.29 Å². The molecule has 45 valence electrons. The van der Waals surface area contributed by atoms with Crippen molar-refractivity contribution >= 4 is 6.29 Å². The maximum absolute atomic E-state index is 9.78. The molecule has 1 aliphatic carbocycles. The van der Waals surface area contributed by atoms with Crippen LogP contribution in [0.4, 0.5) is 0 Å². The molecule has 0 N–H and O–H groups in total. The Morgan fingerprint density at radius 1 is 1.75 bits per heavy atom. The molecule has 0 spiro atoms. The number of hydrogen-bond acceptors (Lipinski definition) is 2. The average Bonchev–Trinajstić information content (AvgIpc) is 2.45. The molecule has 2 nitrogen and oxygen atoms in total. The zero-order valence-corrected chi connectivity index (χ0v) is 5.05. The number of likely N-dealkylation sites (N-methyl/N-ethyl adjacent to an activating group) is 1. The van der Waals surface area contributed by atoms with E-state index in [9.17, 15) is 4.79 Å². The molecule has 0 atom stereocenters. The van der Waals surface area contributed by atoms with Crippen LogP contribution < -0.4 is 0 Å². The molecular formula is C6H10NO. The maximum Gasteiger partial charge on any atom is 0.213 e. The summed E-state index contributed by atoms with van der Waals surface area (Å²) in [5.41, 5.74) is 0. The van der Waals surface area contributed by atoms with E-state index in [-0.39, 0.29) is 0 Å². The zero-order valence-electron chi connectivity index (χ0n) is 5.05. The maximum atomic E-state index is 9.78. The number of carbonyl (C=O) groups excluding carboxylic acids is 1. The molecule has 0 aromatic carbocycles. The van der Waals surface area contributed by atoms with Gasteiger partial charge < -0.3 is 0 Å². The molecule has 8 heavy (non-hydrogen) atoms. The van der Waals surface area contributed by atoms with E-state index in [2.05, 4.69) is 0 Å². The van der Waals surface area contributed by atoms with E-state index >= 15 is 0 Å². The number of nitrogens with zero attached hydrogens (tertiary/aromatic N) is 1. The van der Waals surface area contributed by atoms with Crippen LogP contribution in [-0.4, -0.2) is 30.8 Å². The van der Waals surface area contributed by atoms with Crippen LogP contribution in [0.25, 0.3) is 0 Å². The van der Waals surface area contributed by atoms with Crippen molar-refractivity contribution < 1.29 is 4.79 Å². The molecule has 0 aromatic rings. The normalized spacial score (nSPS) is 19.2. The Morgan fingerprint density at radius 3 is 2.75 bits per heavy atom. The molecule has 0 saturated heterocycles. The Labute approximate surface area is 49.5 Å². The molecule has 1 fully saturated rings. The van der Waals surface area contributed by atoms with Gasteiger partial charge in [-0.1, -0.05) is 0 Å². The first-order valence-electron chi connectivity index (χ1n) is 2.90. The predicted octanol–water partition coefficient (Wildman–Crippen LogP) is 0.190. The van der Waals surface area contributed by atoms with E-state index in [0.29, 0.717) is 12.6 Å². The zero-order chi connectivity index (χ0) is 5.98. The molecule has 0 bridgehead atoms. The summed E-state index contributed by atoms with van der Waals surface area (Å²) in [5.74, 6) is 0. The van der Waals surface area contributed by atoms with E-state index in [4.69, 9.17) is 0 Å². The summed E-state index contributed by atoms with van der Waals surface area (Å²) in [7, 11) is 1.96. The van der Waals surface area contributed by atoms with E-state index in [1.165, 1.54) is 12.8 Å². The molecule has 1 rings (SSSR count). The van der Waals surface area contributed by atoms with Gasteiger partial charge in [0.05, 0.1) is 6.54 Å². The van der Waals surface area contributed by atoms with Gasteiger partial charge in [-0.25, -0.2) is 0 Å². The van der Waals surface area contributed by atoms with Gasteiger partial charge in [-0.15, -0.1) is 0 Å². The Morgan fingerprint density at radius 2 is 2.38 bits per heavy atom. The van der Waals surface area contributed by atoms with Crippen LogP contribution >= 0.6 is 0 Å². The average molecular weight is 112 g/mol. The second-order valence-corrected chi connectivity index (χ2v) is 2.29. The second-order valence-electron chi connectivity index (χ2n) is 2.29. The molecular weight excluding hydrogens is 102 g/mol. The van der Waals surface area contributed by atoms with Crippen molar-refractivity contribution in [3.63, 3.8) is 0 Å². The highest BCUT2D eigenvalue weighted by Crippen LogP contribution is 2.24. The first kappa shape index (κ1) is 5.76. The third-order valence-electron chi connectivity index (χ3n) is 1.48. The largest absolute Gasteiger partial charge is 0.296 e. The van der Waals surface area contributed by atoms with Crippen LogP contribution in [-0.2, 0) is 4.79 Å². The summed E-state index contributed by atoms with van der Waals surface area (Å²) in [6.07, 6.45) is 4.39. The fourth-order valence-electron chi connectivity index (χ4n) is 0.746. The van der Waals surface area contributed by atoms with Gasteiger partial charge in [-0.3, -0.25) is 9.69 Å². The van der Waals surface area contributed by atoms with Crippen LogP contribution in [0, 0.1) is 0 Å². The summed E-state index contributed by atoms with van der Waals surface area (Å²) < 4.78 is 0. The van der Waals surface area contributed by atoms with Gasteiger partial charge >= 0.3 is 0 Å². The molecule has 0 heterocycles. The highest BCUT2D eigenvalue weighted by molar-refractivity contribution is 5.53. The van der Waals surface area contributed by atoms with Crippen molar-refractivity contribution in [2.75, 3.05) is 13.6 Å². The van der Waals surface area contributed by atoms with Crippen molar-refractivity contribution in [3.8, 4) is 0 Å². The van der Waals surface area contributed by atoms with Crippen molar-refractivity contribution in [1.29, 1.82) is 0 Å². The third-order valence-corrected chi connectivity index (χ3v) is 1.48. The fourth-order valence-corrected chi connectivity index (χ4v) is 0.746. The topological polar surface area (TPSA) is 20.3 Å². The summed E-state index contributed by atoms with van der Waals surface area (Å²) in [6, 6.07) is 0.691. The summed E-state index contributed by atoms with van der Waals surface area (Å²) in [6.45, 7) is 0.477. The Bertz CT molecular complexity index is 88.5. The second kappa shape index (κ2) is 2.27. The minimum Gasteiger partial charge on any atom is -0.296 e. The lowest BCUT2D eigenvalue weighted by Gasteiger charge is -2.08. The molecule has 1 saturated carbocycles. The van der Waals surface area contributed by atoms with Gasteiger partial charge in [-0.05, 0) is 19.9 Å². The molecule has 0 aromatic heterocycles. The smallest absolute Gasteiger partial charge is 0.213 e. The van der Waals surface area contributed by atoms with E-state index in [0.717, 1.165) is 0 Å². The van der Waals surface area contributed by atoms with E-state index in [1.54, 1.807) is 0 Å². The van der Waals surface area contributed by atoms with Crippen LogP contribution in [0.2, 0.25) is 0 Å². The van der Waals surface area contributed by atoms with Crippen molar-refractivity contribution in [2.45, 2.75) is 18.9 Å². The monoisotopic (exact) mass is 112 g/mol. The van der Waals surface area contributed by atoms with Gasteiger partial charge in [0.15, 0.2) is 0 Å². The van der Waals surface area contributed by atoms with Crippen molar-refractivity contribution in [2.24, 2.45) is 0 Å². The van der Waals surface area contributed by atoms with Crippen molar-refractivity contribution in [3.05, 3.63) is 0 Å². The molecule has 2 heteroatoms. The van der Waals surface area contributed by atoms with Crippen LogP contribution in [0.15, 0.2) is 0 Å². The lowest BCUT2D eigenvalue weighted by molar-refractivity contribution is 0.362. The predicted molar refractivity (Wildman–Crippen MR) is 31.3 cm³/mol. The molecule has 0 unspecified atom stereocenters. The van der Waals surface area contributed by atoms with Crippen LogP contribution in [0.3, 0.4) is 0 Å². The minimum absolute atomic E-state index is 0.477. The van der Waals surface area contributed by atoms with Crippen LogP contribution in [0.5, 0.6) is 0 Å². The minimum atomic E-state index is 0.477. The van der Waals surface area contributed by atoms with Crippen molar-refractivity contribution in [1.82, 2.24) is 4.90 Å². The lowest BCUT2D eigenvalue weighted by atomic mass is 10.5. The summed E-state index contributed by atoms with van der Waals surface area (Å²) in [4.78, 5) is 11.8. The first-order chi connectivity index (χ1) is 3.84. The quantitative estimate of drug-likeness (QED) is 0.519. The SMILES string of the molecule is CN(C[C]=O)C1CC1. The van der Waals surface area contributed by atoms with E-state index < -0.39 is 0 Å². The molecule has 0 amide bonds. The first-order valence-corrected chi connectivity index (χ1v) is 2.90. The highest BCUT2D eigenvalue weighted by Gasteiger charge is 2.25. The number of hydrogen-bond donors (Lipinski definition) is 0.